The van der Waals surface area contributed by atoms with Gasteiger partial charge in [-0.05, 0) is 37.5 Å². The molecule has 140 valence electrons. The monoisotopic (exact) mass is 366 g/mol. The van der Waals surface area contributed by atoms with Gasteiger partial charge in [0.05, 0.1) is 25.4 Å². The Bertz CT molecular complexity index is 1080. The maximum Gasteiger partial charge on any atom is 0.266 e. The molecule has 0 saturated carbocycles. The van der Waals surface area contributed by atoms with E-state index in [1.54, 1.807) is 15.7 Å². The Balaban J connectivity index is 1.58. The molecule has 1 aliphatic heterocycles. The highest BCUT2D eigenvalue weighted by Gasteiger charge is 2.26. The fraction of sp³-hybridized carbons (Fsp3) is 0.350. The van der Waals surface area contributed by atoms with Crippen LogP contribution in [0.15, 0.2) is 22.9 Å². The summed E-state index contributed by atoms with van der Waals surface area (Å²) in [4.78, 5) is 30.3. The van der Waals surface area contributed by atoms with Crippen LogP contribution in [-0.4, -0.2) is 32.8 Å². The van der Waals surface area contributed by atoms with E-state index in [1.807, 2.05) is 13.8 Å². The largest absolute Gasteiger partial charge is 0.464 e. The maximum atomic E-state index is 12.9. The van der Waals surface area contributed by atoms with E-state index in [-0.39, 0.29) is 12.3 Å². The number of furan rings is 1. The van der Waals surface area contributed by atoms with E-state index < -0.39 is 5.91 Å². The summed E-state index contributed by atoms with van der Waals surface area (Å²) in [6.07, 6.45) is 3.45. The molecule has 0 aliphatic carbocycles. The van der Waals surface area contributed by atoms with Crippen LogP contribution in [0, 0.1) is 20.8 Å². The van der Waals surface area contributed by atoms with Crippen LogP contribution in [0.1, 0.15) is 38.6 Å². The first-order valence-corrected chi connectivity index (χ1v) is 8.95. The van der Waals surface area contributed by atoms with Gasteiger partial charge in [-0.25, -0.2) is 4.98 Å². The lowest BCUT2D eigenvalue weighted by atomic mass is 9.98. The van der Waals surface area contributed by atoms with Crippen molar-refractivity contribution in [3.63, 3.8) is 0 Å². The van der Waals surface area contributed by atoms with Crippen molar-refractivity contribution in [2.45, 2.75) is 40.3 Å². The molecular weight excluding hydrogens is 344 g/mol. The van der Waals surface area contributed by atoms with E-state index in [0.717, 1.165) is 27.7 Å². The number of amides is 2. The molecule has 1 aliphatic rings. The second kappa shape index (κ2) is 6.26. The van der Waals surface area contributed by atoms with Gasteiger partial charge in [-0.2, -0.15) is 0 Å². The zero-order chi connectivity index (χ0) is 19.3. The minimum absolute atomic E-state index is 0.0187. The molecule has 2 N–H and O–H groups in total. The predicted molar refractivity (Wildman–Crippen MR) is 100 cm³/mol. The third kappa shape index (κ3) is 2.79. The number of hydrogen-bond acceptors (Lipinski definition) is 4. The van der Waals surface area contributed by atoms with Gasteiger partial charge in [-0.15, -0.1) is 0 Å². The molecule has 4 rings (SSSR count). The van der Waals surface area contributed by atoms with Crippen molar-refractivity contribution in [1.82, 2.24) is 14.5 Å². The molecule has 0 atom stereocenters. The fourth-order valence-corrected chi connectivity index (χ4v) is 3.86. The minimum Gasteiger partial charge on any atom is -0.464 e. The molecule has 3 aromatic rings. The van der Waals surface area contributed by atoms with Gasteiger partial charge in [-0.3, -0.25) is 9.59 Å². The number of aryl methyl sites for hydroxylation is 3. The number of benzene rings is 1. The van der Waals surface area contributed by atoms with E-state index in [2.05, 4.69) is 18.0 Å². The van der Waals surface area contributed by atoms with Crippen molar-refractivity contribution < 1.29 is 14.0 Å². The molecule has 0 saturated heterocycles. The number of primary amides is 1. The van der Waals surface area contributed by atoms with Gasteiger partial charge in [0, 0.05) is 24.0 Å². The number of fused-ring (bicyclic) bond motifs is 2. The van der Waals surface area contributed by atoms with Gasteiger partial charge >= 0.3 is 0 Å². The molecule has 2 amide bonds. The summed E-state index contributed by atoms with van der Waals surface area (Å²) in [5.41, 5.74) is 10.9. The minimum atomic E-state index is -0.500. The van der Waals surface area contributed by atoms with Crippen molar-refractivity contribution in [2.24, 2.45) is 5.73 Å². The fourth-order valence-electron chi connectivity index (χ4n) is 3.86. The van der Waals surface area contributed by atoms with Crippen LogP contribution in [0.25, 0.3) is 11.0 Å². The van der Waals surface area contributed by atoms with Crippen molar-refractivity contribution >= 4 is 22.8 Å². The van der Waals surface area contributed by atoms with Gasteiger partial charge in [0.15, 0.2) is 0 Å². The van der Waals surface area contributed by atoms with Crippen LogP contribution >= 0.6 is 0 Å². The van der Waals surface area contributed by atoms with Crippen LogP contribution in [0.5, 0.6) is 0 Å². The topological polar surface area (TPSA) is 94.4 Å². The highest BCUT2D eigenvalue weighted by molar-refractivity contribution is 5.92. The molecule has 2 aromatic heterocycles. The first-order chi connectivity index (χ1) is 12.9. The average Bonchev–Trinajstić information content (AvgIpc) is 3.23. The van der Waals surface area contributed by atoms with Crippen LogP contribution in [0.3, 0.4) is 0 Å². The summed E-state index contributed by atoms with van der Waals surface area (Å²) in [5.74, 6) is 0.202. The highest BCUT2D eigenvalue weighted by Crippen LogP contribution is 2.30. The van der Waals surface area contributed by atoms with E-state index in [4.69, 9.17) is 10.2 Å². The number of nitrogens with zero attached hydrogens (tertiary/aromatic N) is 3. The maximum absolute atomic E-state index is 12.9. The summed E-state index contributed by atoms with van der Waals surface area (Å²) in [6.45, 7) is 7.55. The van der Waals surface area contributed by atoms with E-state index in [0.29, 0.717) is 31.2 Å². The molecule has 0 fully saturated rings. The quantitative estimate of drug-likeness (QED) is 0.769. The van der Waals surface area contributed by atoms with Crippen molar-refractivity contribution in [3.05, 3.63) is 52.3 Å². The lowest BCUT2D eigenvalue weighted by Gasteiger charge is -2.28. The molecular formula is C20H22N4O3. The summed E-state index contributed by atoms with van der Waals surface area (Å²) in [5, 5.41) is 1.03. The highest BCUT2D eigenvalue weighted by atomic mass is 16.3. The molecule has 3 heterocycles. The number of nitrogens with two attached hydrogens (primary N) is 1. The molecule has 7 nitrogen and oxygen atoms in total. The SMILES string of the molecule is Cc1cc(C)c2c(CC(=O)N3CCn4c(C(N)=O)cnc4C3)coc2c1C. The molecule has 27 heavy (non-hydrogen) atoms. The third-order valence-corrected chi connectivity index (χ3v) is 5.44. The number of carbonyl (C=O) groups excluding carboxylic acids is 2. The number of rotatable bonds is 3. The Morgan fingerprint density at radius 3 is 2.74 bits per heavy atom. The lowest BCUT2D eigenvalue weighted by Crippen LogP contribution is -2.40. The van der Waals surface area contributed by atoms with E-state index in [9.17, 15) is 9.59 Å². The first-order valence-electron chi connectivity index (χ1n) is 8.95. The number of carbonyl (C=O) groups is 2. The van der Waals surface area contributed by atoms with Crippen LogP contribution in [0.2, 0.25) is 0 Å². The Morgan fingerprint density at radius 1 is 1.22 bits per heavy atom. The predicted octanol–water partition coefficient (Wildman–Crippen LogP) is 2.24. The second-order valence-electron chi connectivity index (χ2n) is 7.17. The standard InChI is InChI=1S/C20H22N4O3/c1-11-6-12(2)18-14(10-27-19(18)13(11)3)7-17(25)23-4-5-24-15(20(21)26)8-22-16(24)9-23/h6,8,10H,4-5,7,9H2,1-3H3,(H2,21,26). The Kier molecular flexibility index (Phi) is 4.02. The number of aromatic nitrogens is 2. The Morgan fingerprint density at radius 2 is 2.00 bits per heavy atom. The van der Waals surface area contributed by atoms with Crippen LogP contribution in [-0.2, 0) is 24.3 Å². The normalized spacial score (nSPS) is 13.8. The smallest absolute Gasteiger partial charge is 0.266 e. The van der Waals surface area contributed by atoms with Gasteiger partial charge in [0.25, 0.3) is 5.91 Å². The molecule has 1 aromatic carbocycles. The Labute approximate surface area is 156 Å². The molecule has 0 radical (unpaired) electrons. The molecule has 0 spiro atoms. The first kappa shape index (κ1) is 17.3. The summed E-state index contributed by atoms with van der Waals surface area (Å²) >= 11 is 0. The molecule has 7 heteroatoms. The van der Waals surface area contributed by atoms with Crippen molar-refractivity contribution in [2.75, 3.05) is 6.54 Å². The summed E-state index contributed by atoms with van der Waals surface area (Å²) in [7, 11) is 0. The summed E-state index contributed by atoms with van der Waals surface area (Å²) < 4.78 is 7.56. The van der Waals surface area contributed by atoms with Crippen LogP contribution < -0.4 is 5.73 Å². The van der Waals surface area contributed by atoms with E-state index in [1.165, 1.54) is 11.8 Å². The number of hydrogen-bond donors (Lipinski definition) is 1. The van der Waals surface area contributed by atoms with Crippen molar-refractivity contribution in [1.29, 1.82) is 0 Å². The van der Waals surface area contributed by atoms with E-state index >= 15 is 0 Å². The number of imidazole rings is 1. The van der Waals surface area contributed by atoms with Gasteiger partial charge in [0.1, 0.15) is 17.1 Å². The zero-order valence-electron chi connectivity index (χ0n) is 15.7. The Hall–Kier alpha value is -3.09. The van der Waals surface area contributed by atoms with Crippen molar-refractivity contribution in [3.8, 4) is 0 Å². The van der Waals surface area contributed by atoms with Gasteiger partial charge in [0.2, 0.25) is 5.91 Å². The molecule has 0 unspecified atom stereocenters. The second-order valence-corrected chi connectivity index (χ2v) is 7.17. The zero-order valence-corrected chi connectivity index (χ0v) is 15.7. The van der Waals surface area contributed by atoms with Gasteiger partial charge in [-0.1, -0.05) is 6.07 Å². The third-order valence-electron chi connectivity index (χ3n) is 5.44. The van der Waals surface area contributed by atoms with Crippen LogP contribution in [0.4, 0.5) is 0 Å². The average molecular weight is 366 g/mol. The summed E-state index contributed by atoms with van der Waals surface area (Å²) in [6, 6.07) is 2.13. The van der Waals surface area contributed by atoms with Gasteiger partial charge < -0.3 is 19.6 Å². The lowest BCUT2D eigenvalue weighted by molar-refractivity contribution is -0.132. The molecule has 0 bridgehead atoms.